The number of amides is 3. The van der Waals surface area contributed by atoms with Gasteiger partial charge in [0.15, 0.2) is 9.79 Å². The maximum absolute atomic E-state index is 13.1. The van der Waals surface area contributed by atoms with E-state index in [4.69, 9.17) is 0 Å². The molecule has 0 saturated carbocycles. The SMILES string of the molecule is CCC(=O)Nc1cc([S+]([O-])c2ccc(C)c(C)c2)ccc1NC(=NC(=O)OC)NC(=O)OC. The van der Waals surface area contributed by atoms with Gasteiger partial charge in [-0.15, -0.1) is 4.99 Å². The van der Waals surface area contributed by atoms with E-state index in [0.29, 0.717) is 9.79 Å². The highest BCUT2D eigenvalue weighted by atomic mass is 32.2. The lowest BCUT2D eigenvalue weighted by atomic mass is 10.1. The third kappa shape index (κ3) is 7.22. The van der Waals surface area contributed by atoms with Gasteiger partial charge in [0.1, 0.15) is 0 Å². The van der Waals surface area contributed by atoms with Gasteiger partial charge in [-0.25, -0.2) is 9.59 Å². The summed E-state index contributed by atoms with van der Waals surface area (Å²) < 4.78 is 22.2. The van der Waals surface area contributed by atoms with Crippen LogP contribution in [0.1, 0.15) is 24.5 Å². The molecule has 3 amide bonds. The normalized spacial score (nSPS) is 11.9. The fraction of sp³-hybridized carbons (Fsp3) is 0.273. The number of aryl methyl sites for hydroxylation is 2. The van der Waals surface area contributed by atoms with E-state index < -0.39 is 23.4 Å². The fourth-order valence-corrected chi connectivity index (χ4v) is 3.72. The van der Waals surface area contributed by atoms with Crippen LogP contribution < -0.4 is 16.0 Å². The van der Waals surface area contributed by atoms with Gasteiger partial charge in [0.25, 0.3) is 0 Å². The van der Waals surface area contributed by atoms with E-state index in [-0.39, 0.29) is 29.7 Å². The molecule has 0 heterocycles. The molecule has 11 heteroatoms. The molecule has 0 radical (unpaired) electrons. The van der Waals surface area contributed by atoms with Gasteiger partial charge in [0.2, 0.25) is 11.9 Å². The quantitative estimate of drug-likeness (QED) is 0.341. The van der Waals surface area contributed by atoms with Crippen LogP contribution in [0.4, 0.5) is 21.0 Å². The summed E-state index contributed by atoms with van der Waals surface area (Å²) in [6.07, 6.45) is -1.65. The molecule has 2 aromatic rings. The Morgan fingerprint density at radius 2 is 1.61 bits per heavy atom. The number of methoxy groups -OCH3 is 2. The van der Waals surface area contributed by atoms with Crippen molar-refractivity contribution in [1.29, 1.82) is 0 Å². The van der Waals surface area contributed by atoms with E-state index in [1.54, 1.807) is 31.2 Å². The minimum absolute atomic E-state index is 0.202. The van der Waals surface area contributed by atoms with Crippen LogP contribution in [0.15, 0.2) is 51.2 Å². The standard InChI is InChI=1S/C22H26N4O6S/c1-6-19(27)23-18-12-16(33(30)15-8-7-13(2)14(3)11-15)9-10-17(18)24-20(25-21(28)31-4)26-22(29)32-5/h7-12H,6H2,1-5H3,(H,23,27)(H2,24,25,26,28,29). The van der Waals surface area contributed by atoms with Crippen molar-refractivity contribution in [3.63, 3.8) is 0 Å². The fourth-order valence-electron chi connectivity index (χ4n) is 2.55. The Bertz CT molecular complexity index is 1070. The summed E-state index contributed by atoms with van der Waals surface area (Å²) >= 11 is -1.51. The Kier molecular flexibility index (Phi) is 9.25. The topological polar surface area (TPSA) is 141 Å². The summed E-state index contributed by atoms with van der Waals surface area (Å²) in [5, 5.41) is 7.72. The van der Waals surface area contributed by atoms with E-state index in [1.807, 2.05) is 26.0 Å². The van der Waals surface area contributed by atoms with Crippen LogP contribution >= 0.6 is 0 Å². The van der Waals surface area contributed by atoms with Gasteiger partial charge >= 0.3 is 12.2 Å². The van der Waals surface area contributed by atoms with Gasteiger partial charge in [0, 0.05) is 23.7 Å². The van der Waals surface area contributed by atoms with Crippen LogP contribution in [0, 0.1) is 13.8 Å². The van der Waals surface area contributed by atoms with Gasteiger partial charge in [-0.3, -0.25) is 10.1 Å². The number of benzene rings is 2. The number of carbonyl (C=O) groups excluding carboxylic acids is 3. The Hall–Kier alpha value is -3.57. The number of hydrogen-bond acceptors (Lipinski definition) is 6. The average molecular weight is 475 g/mol. The molecule has 1 unspecified atom stereocenters. The van der Waals surface area contributed by atoms with Crippen LogP contribution in [0.25, 0.3) is 0 Å². The van der Waals surface area contributed by atoms with Crippen LogP contribution in [0.2, 0.25) is 0 Å². The Labute approximate surface area is 194 Å². The summed E-state index contributed by atoms with van der Waals surface area (Å²) in [7, 11) is 2.28. The number of alkyl carbamates (subject to hydrolysis) is 1. The number of ether oxygens (including phenoxy) is 2. The molecule has 3 N–H and O–H groups in total. The highest BCUT2D eigenvalue weighted by Gasteiger charge is 2.20. The summed E-state index contributed by atoms with van der Waals surface area (Å²) in [4.78, 5) is 40.0. The van der Waals surface area contributed by atoms with Crippen molar-refractivity contribution in [3.05, 3.63) is 47.5 Å². The maximum Gasteiger partial charge on any atom is 0.436 e. The molecular formula is C22H26N4O6S. The maximum atomic E-state index is 13.1. The van der Waals surface area contributed by atoms with Crippen molar-refractivity contribution in [2.45, 2.75) is 37.0 Å². The summed E-state index contributed by atoms with van der Waals surface area (Å²) in [5.41, 5.74) is 2.66. The number of hydrogen-bond donors (Lipinski definition) is 3. The van der Waals surface area contributed by atoms with Crippen LogP contribution in [-0.4, -0.2) is 42.8 Å². The van der Waals surface area contributed by atoms with Gasteiger partial charge in [-0.05, 0) is 49.2 Å². The molecule has 2 rings (SSSR count). The first-order chi connectivity index (χ1) is 15.7. The van der Waals surface area contributed by atoms with E-state index in [9.17, 15) is 18.9 Å². The number of carbonyl (C=O) groups is 3. The predicted molar refractivity (Wildman–Crippen MR) is 125 cm³/mol. The van der Waals surface area contributed by atoms with Crippen molar-refractivity contribution < 1.29 is 28.4 Å². The molecule has 0 aliphatic rings. The number of nitrogens with one attached hydrogen (secondary N) is 3. The second-order valence-electron chi connectivity index (χ2n) is 6.80. The largest absolute Gasteiger partial charge is 0.606 e. The van der Waals surface area contributed by atoms with Gasteiger partial charge in [-0.2, -0.15) is 0 Å². The first-order valence-electron chi connectivity index (χ1n) is 9.90. The highest BCUT2D eigenvalue weighted by molar-refractivity contribution is 7.91. The molecule has 0 bridgehead atoms. The molecule has 0 saturated heterocycles. The van der Waals surface area contributed by atoms with Crippen molar-refractivity contribution in [3.8, 4) is 0 Å². The Morgan fingerprint density at radius 1 is 0.939 bits per heavy atom. The number of anilines is 2. The van der Waals surface area contributed by atoms with E-state index >= 15 is 0 Å². The Morgan fingerprint density at radius 3 is 2.21 bits per heavy atom. The van der Waals surface area contributed by atoms with E-state index in [1.165, 1.54) is 0 Å². The lowest BCUT2D eigenvalue weighted by molar-refractivity contribution is -0.115. The smallest absolute Gasteiger partial charge is 0.436 e. The molecule has 33 heavy (non-hydrogen) atoms. The van der Waals surface area contributed by atoms with E-state index in [0.717, 1.165) is 25.3 Å². The zero-order chi connectivity index (χ0) is 24.5. The molecule has 0 aromatic heterocycles. The highest BCUT2D eigenvalue weighted by Crippen LogP contribution is 2.30. The molecule has 1 atom stereocenters. The van der Waals surface area contributed by atoms with Crippen molar-refractivity contribution >= 4 is 46.6 Å². The number of aliphatic imine (C=N–C) groups is 1. The minimum atomic E-state index is -1.51. The van der Waals surface area contributed by atoms with Crippen molar-refractivity contribution in [1.82, 2.24) is 5.32 Å². The molecule has 176 valence electrons. The number of rotatable bonds is 5. The van der Waals surface area contributed by atoms with Crippen LogP contribution in [0.3, 0.4) is 0 Å². The monoisotopic (exact) mass is 474 g/mol. The summed E-state index contributed by atoms with van der Waals surface area (Å²) in [6, 6.07) is 10.2. The number of nitrogens with zero attached hydrogens (tertiary/aromatic N) is 1. The molecule has 2 aromatic carbocycles. The molecule has 10 nitrogen and oxygen atoms in total. The second-order valence-corrected chi connectivity index (χ2v) is 8.28. The zero-order valence-corrected chi connectivity index (χ0v) is 19.8. The Balaban J connectivity index is 2.45. The van der Waals surface area contributed by atoms with Crippen molar-refractivity contribution in [2.24, 2.45) is 4.99 Å². The molecule has 0 aliphatic heterocycles. The molecule has 0 spiro atoms. The minimum Gasteiger partial charge on any atom is -0.606 e. The van der Waals surface area contributed by atoms with Crippen molar-refractivity contribution in [2.75, 3.05) is 24.9 Å². The predicted octanol–water partition coefficient (Wildman–Crippen LogP) is 3.71. The lowest BCUT2D eigenvalue weighted by Gasteiger charge is -2.17. The van der Waals surface area contributed by atoms with Gasteiger partial charge in [-0.1, -0.05) is 13.0 Å². The first kappa shape index (κ1) is 25.7. The molecule has 0 aliphatic carbocycles. The van der Waals surface area contributed by atoms with E-state index in [2.05, 4.69) is 30.4 Å². The van der Waals surface area contributed by atoms with Crippen LogP contribution in [-0.2, 0) is 25.4 Å². The molecular weight excluding hydrogens is 448 g/mol. The average Bonchev–Trinajstić information content (AvgIpc) is 2.80. The van der Waals surface area contributed by atoms with Gasteiger partial charge < -0.3 is 24.7 Å². The number of guanidine groups is 1. The van der Waals surface area contributed by atoms with Crippen LogP contribution in [0.5, 0.6) is 0 Å². The summed E-state index contributed by atoms with van der Waals surface area (Å²) in [5.74, 6) is -0.580. The first-order valence-corrected chi connectivity index (χ1v) is 11.0. The zero-order valence-electron chi connectivity index (χ0n) is 19.0. The van der Waals surface area contributed by atoms with Gasteiger partial charge in [0.05, 0.1) is 25.6 Å². The third-order valence-electron chi connectivity index (χ3n) is 4.53. The molecule has 0 fully saturated rings. The summed E-state index contributed by atoms with van der Waals surface area (Å²) in [6.45, 7) is 5.59. The lowest BCUT2D eigenvalue weighted by Crippen LogP contribution is -2.36. The second kappa shape index (κ2) is 11.9. The third-order valence-corrected chi connectivity index (χ3v) is 5.89.